The molecule has 0 unspecified atom stereocenters. The zero-order valence-corrected chi connectivity index (χ0v) is 13.4. The van der Waals surface area contributed by atoms with Crippen molar-refractivity contribution in [3.8, 4) is 5.88 Å². The van der Waals surface area contributed by atoms with Crippen LogP contribution in [0.1, 0.15) is 46.5 Å². The van der Waals surface area contributed by atoms with Gasteiger partial charge in [0, 0.05) is 13.2 Å². The first kappa shape index (κ1) is 17.4. The summed E-state index contributed by atoms with van der Waals surface area (Å²) in [6.07, 6.45) is 5.23. The monoisotopic (exact) mass is 294 g/mol. The van der Waals surface area contributed by atoms with Gasteiger partial charge in [-0.15, -0.1) is 0 Å². The van der Waals surface area contributed by atoms with Gasteiger partial charge >= 0.3 is 0 Å². The Bertz CT molecular complexity index is 434. The summed E-state index contributed by atoms with van der Waals surface area (Å²) in [6.45, 7) is 6.59. The van der Waals surface area contributed by atoms with Crippen molar-refractivity contribution in [3.63, 3.8) is 0 Å². The molecule has 1 heterocycles. The lowest BCUT2D eigenvalue weighted by Crippen LogP contribution is -2.41. The fraction of sp³-hybridized carbons (Fsp3) is 0.625. The lowest BCUT2D eigenvalue weighted by atomic mass is 9.99. The van der Waals surface area contributed by atoms with Crippen molar-refractivity contribution < 1.29 is 14.3 Å². The molecule has 118 valence electrons. The maximum Gasteiger partial charge on any atom is 0.256 e. The SMILES string of the molecule is CCCCOc1ccc(NC(=O)[C@](C)(CCC)OC)cn1. The highest BCUT2D eigenvalue weighted by Gasteiger charge is 2.32. The van der Waals surface area contributed by atoms with Crippen LogP contribution in [0.5, 0.6) is 5.88 Å². The molecule has 0 saturated heterocycles. The Labute approximate surface area is 127 Å². The van der Waals surface area contributed by atoms with Crippen LogP contribution >= 0.6 is 0 Å². The average molecular weight is 294 g/mol. The van der Waals surface area contributed by atoms with E-state index in [2.05, 4.69) is 17.2 Å². The second kappa shape index (κ2) is 8.62. The van der Waals surface area contributed by atoms with E-state index in [0.717, 1.165) is 19.3 Å². The molecular weight excluding hydrogens is 268 g/mol. The van der Waals surface area contributed by atoms with Gasteiger partial charge in [-0.1, -0.05) is 26.7 Å². The van der Waals surface area contributed by atoms with E-state index in [1.165, 1.54) is 0 Å². The molecule has 1 N–H and O–H groups in total. The average Bonchev–Trinajstić information content (AvgIpc) is 2.49. The Balaban J connectivity index is 2.60. The van der Waals surface area contributed by atoms with Crippen LogP contribution in [0, 0.1) is 0 Å². The fourth-order valence-corrected chi connectivity index (χ4v) is 1.91. The Hall–Kier alpha value is -1.62. The minimum atomic E-state index is -0.814. The number of amides is 1. The summed E-state index contributed by atoms with van der Waals surface area (Å²) in [6, 6.07) is 3.55. The molecule has 0 spiro atoms. The number of hydrogen-bond donors (Lipinski definition) is 1. The molecule has 0 bridgehead atoms. The minimum absolute atomic E-state index is 0.159. The number of nitrogens with zero attached hydrogens (tertiary/aromatic N) is 1. The molecule has 5 heteroatoms. The van der Waals surface area contributed by atoms with Crippen LogP contribution in [-0.2, 0) is 9.53 Å². The predicted molar refractivity (Wildman–Crippen MR) is 83.6 cm³/mol. The molecule has 21 heavy (non-hydrogen) atoms. The molecule has 1 aromatic rings. The van der Waals surface area contributed by atoms with Crippen molar-refractivity contribution >= 4 is 11.6 Å². The molecule has 0 saturated carbocycles. The smallest absolute Gasteiger partial charge is 0.256 e. The van der Waals surface area contributed by atoms with Crippen LogP contribution in [-0.4, -0.2) is 30.2 Å². The zero-order chi connectivity index (χ0) is 15.7. The summed E-state index contributed by atoms with van der Waals surface area (Å²) in [5.74, 6) is 0.415. The molecular formula is C16H26N2O3. The van der Waals surface area contributed by atoms with Crippen molar-refractivity contribution in [1.29, 1.82) is 0 Å². The van der Waals surface area contributed by atoms with Gasteiger partial charge in [-0.3, -0.25) is 4.79 Å². The van der Waals surface area contributed by atoms with Crippen LogP contribution in [0.15, 0.2) is 18.3 Å². The lowest BCUT2D eigenvalue weighted by Gasteiger charge is -2.26. The van der Waals surface area contributed by atoms with E-state index in [0.29, 0.717) is 24.6 Å². The third-order valence-corrected chi connectivity index (χ3v) is 3.40. The van der Waals surface area contributed by atoms with Gasteiger partial charge in [0.15, 0.2) is 0 Å². The highest BCUT2D eigenvalue weighted by atomic mass is 16.5. The van der Waals surface area contributed by atoms with Crippen molar-refractivity contribution in [2.45, 2.75) is 52.1 Å². The Morgan fingerprint density at radius 3 is 2.62 bits per heavy atom. The highest BCUT2D eigenvalue weighted by Crippen LogP contribution is 2.20. The molecule has 0 aromatic carbocycles. The van der Waals surface area contributed by atoms with Crippen molar-refractivity contribution in [3.05, 3.63) is 18.3 Å². The Kier molecular flexibility index (Phi) is 7.15. The number of nitrogens with one attached hydrogen (secondary N) is 1. The molecule has 1 rings (SSSR count). The second-order valence-corrected chi connectivity index (χ2v) is 5.23. The largest absolute Gasteiger partial charge is 0.478 e. The standard InChI is InChI=1S/C16H26N2O3/c1-5-7-11-21-14-9-8-13(12-17-14)18-15(19)16(3,20-4)10-6-2/h8-9,12H,5-7,10-11H2,1-4H3,(H,18,19)/t16-/m0/s1. The van der Waals surface area contributed by atoms with Gasteiger partial charge in [-0.05, 0) is 25.8 Å². The summed E-state index contributed by atoms with van der Waals surface area (Å²) >= 11 is 0. The summed E-state index contributed by atoms with van der Waals surface area (Å²) in [5, 5.41) is 2.83. The van der Waals surface area contributed by atoms with Gasteiger partial charge in [-0.2, -0.15) is 0 Å². The van der Waals surface area contributed by atoms with Gasteiger partial charge < -0.3 is 14.8 Å². The van der Waals surface area contributed by atoms with Gasteiger partial charge in [-0.25, -0.2) is 4.98 Å². The van der Waals surface area contributed by atoms with Gasteiger partial charge in [0.1, 0.15) is 5.60 Å². The van der Waals surface area contributed by atoms with Crippen LogP contribution < -0.4 is 10.1 Å². The Morgan fingerprint density at radius 1 is 1.33 bits per heavy atom. The molecule has 1 amide bonds. The van der Waals surface area contributed by atoms with Crippen molar-refractivity contribution in [1.82, 2.24) is 4.98 Å². The van der Waals surface area contributed by atoms with E-state index in [4.69, 9.17) is 9.47 Å². The van der Waals surface area contributed by atoms with E-state index in [1.807, 2.05) is 6.92 Å². The predicted octanol–water partition coefficient (Wildman–Crippen LogP) is 3.40. The Morgan fingerprint density at radius 2 is 2.10 bits per heavy atom. The molecule has 0 fully saturated rings. The quantitative estimate of drug-likeness (QED) is 0.709. The highest BCUT2D eigenvalue weighted by molar-refractivity contribution is 5.96. The minimum Gasteiger partial charge on any atom is -0.478 e. The summed E-state index contributed by atoms with van der Waals surface area (Å²) in [5.41, 5.74) is -0.173. The molecule has 1 aromatic heterocycles. The third kappa shape index (κ3) is 5.34. The summed E-state index contributed by atoms with van der Waals surface area (Å²) < 4.78 is 10.8. The van der Waals surface area contributed by atoms with Crippen LogP contribution in [0.3, 0.4) is 0 Å². The third-order valence-electron chi connectivity index (χ3n) is 3.40. The van der Waals surface area contributed by atoms with Gasteiger partial charge in [0.25, 0.3) is 5.91 Å². The topological polar surface area (TPSA) is 60.5 Å². The van der Waals surface area contributed by atoms with E-state index < -0.39 is 5.60 Å². The van der Waals surface area contributed by atoms with E-state index >= 15 is 0 Å². The first-order valence-corrected chi connectivity index (χ1v) is 7.51. The number of carbonyl (C=O) groups is 1. The number of unbranched alkanes of at least 4 members (excludes halogenated alkanes) is 1. The zero-order valence-electron chi connectivity index (χ0n) is 13.4. The van der Waals surface area contributed by atoms with Crippen molar-refractivity contribution in [2.75, 3.05) is 19.0 Å². The number of carbonyl (C=O) groups excluding carboxylic acids is 1. The number of hydrogen-bond acceptors (Lipinski definition) is 4. The molecule has 5 nitrogen and oxygen atoms in total. The maximum absolute atomic E-state index is 12.3. The molecule has 0 aliphatic rings. The molecule has 0 aliphatic heterocycles. The molecule has 0 radical (unpaired) electrons. The summed E-state index contributed by atoms with van der Waals surface area (Å²) in [4.78, 5) is 16.4. The van der Waals surface area contributed by atoms with Crippen LogP contribution in [0.25, 0.3) is 0 Å². The first-order valence-electron chi connectivity index (χ1n) is 7.51. The van der Waals surface area contributed by atoms with Crippen molar-refractivity contribution in [2.24, 2.45) is 0 Å². The summed E-state index contributed by atoms with van der Waals surface area (Å²) in [7, 11) is 1.55. The number of pyridine rings is 1. The second-order valence-electron chi connectivity index (χ2n) is 5.23. The van der Waals surface area contributed by atoms with Crippen LogP contribution in [0.4, 0.5) is 5.69 Å². The number of aromatic nitrogens is 1. The van der Waals surface area contributed by atoms with Gasteiger partial charge in [0.05, 0.1) is 18.5 Å². The number of anilines is 1. The normalized spacial score (nSPS) is 13.5. The fourth-order valence-electron chi connectivity index (χ4n) is 1.91. The first-order chi connectivity index (χ1) is 10.1. The number of methoxy groups -OCH3 is 1. The molecule has 1 atom stereocenters. The van der Waals surface area contributed by atoms with Gasteiger partial charge in [0.2, 0.25) is 5.88 Å². The van der Waals surface area contributed by atoms with E-state index in [1.54, 1.807) is 32.4 Å². The van der Waals surface area contributed by atoms with E-state index in [-0.39, 0.29) is 5.91 Å². The molecule has 0 aliphatic carbocycles. The van der Waals surface area contributed by atoms with E-state index in [9.17, 15) is 4.79 Å². The number of ether oxygens (including phenoxy) is 2. The maximum atomic E-state index is 12.3. The lowest BCUT2D eigenvalue weighted by molar-refractivity contribution is -0.136. The van der Waals surface area contributed by atoms with Crippen LogP contribution in [0.2, 0.25) is 0 Å². The number of rotatable bonds is 9.